The van der Waals surface area contributed by atoms with Gasteiger partial charge in [0, 0.05) is 24.8 Å². The number of rotatable bonds is 14. The van der Waals surface area contributed by atoms with Crippen molar-refractivity contribution in [2.45, 2.75) is 72.4 Å². The number of hydrogen-bond donors (Lipinski definition) is 4. The Kier molecular flexibility index (Phi) is 12.3. The van der Waals surface area contributed by atoms with Crippen molar-refractivity contribution in [2.24, 2.45) is 35.1 Å². The summed E-state index contributed by atoms with van der Waals surface area (Å²) in [5, 5.41) is 12.6. The third kappa shape index (κ3) is 9.44. The van der Waals surface area contributed by atoms with Crippen LogP contribution in [0.2, 0.25) is 0 Å². The van der Waals surface area contributed by atoms with Crippen molar-refractivity contribution in [2.75, 3.05) is 13.1 Å². The molecule has 7 heteroatoms. The molecule has 6 N–H and O–H groups in total. The lowest BCUT2D eigenvalue weighted by molar-refractivity contribution is -0.136. The van der Waals surface area contributed by atoms with Gasteiger partial charge in [-0.3, -0.25) is 14.4 Å². The molecule has 0 aliphatic carbocycles. The minimum atomic E-state index is -1.01. The summed E-state index contributed by atoms with van der Waals surface area (Å²) in [6.07, 6.45) is 1.11. The molecule has 0 fully saturated rings. The molecule has 1 amide bonds. The topological polar surface area (TPSA) is 136 Å². The fourth-order valence-corrected chi connectivity index (χ4v) is 3.00. The van der Waals surface area contributed by atoms with Crippen molar-refractivity contribution in [1.82, 2.24) is 5.32 Å². The van der Waals surface area contributed by atoms with E-state index >= 15 is 0 Å². The number of nitrogens with one attached hydrogen (secondary N) is 1. The van der Waals surface area contributed by atoms with Crippen LogP contribution in [0.25, 0.3) is 0 Å². The van der Waals surface area contributed by atoms with Crippen LogP contribution in [0.15, 0.2) is 0 Å². The van der Waals surface area contributed by atoms with Crippen molar-refractivity contribution in [1.29, 1.82) is 0 Å². The number of Topliss-reactive ketones (excluding diaryl/α,β-unsaturated/α-hetero) is 2. The number of hydrogen-bond acceptors (Lipinski definition) is 6. The average molecular weight is 386 g/mol. The van der Waals surface area contributed by atoms with E-state index in [1.54, 1.807) is 13.8 Å². The van der Waals surface area contributed by atoms with Crippen LogP contribution < -0.4 is 16.8 Å². The zero-order chi connectivity index (χ0) is 21.1. The van der Waals surface area contributed by atoms with Crippen molar-refractivity contribution in [3.05, 3.63) is 0 Å². The summed E-state index contributed by atoms with van der Waals surface area (Å²) in [5.74, 6) is -1.67. The number of aliphatic hydroxyl groups is 1. The predicted octanol–water partition coefficient (Wildman–Crippen LogP) is 1.01. The Labute approximate surface area is 163 Å². The van der Waals surface area contributed by atoms with E-state index in [0.29, 0.717) is 18.9 Å². The van der Waals surface area contributed by atoms with E-state index in [2.05, 4.69) is 19.2 Å². The monoisotopic (exact) mass is 385 g/mol. The van der Waals surface area contributed by atoms with Crippen molar-refractivity contribution in [3.63, 3.8) is 0 Å². The van der Waals surface area contributed by atoms with Crippen LogP contribution in [0.5, 0.6) is 0 Å². The van der Waals surface area contributed by atoms with Gasteiger partial charge in [0.25, 0.3) is 0 Å². The highest BCUT2D eigenvalue weighted by molar-refractivity contribution is 5.93. The third-order valence-corrected chi connectivity index (χ3v) is 4.87. The highest BCUT2D eigenvalue weighted by Crippen LogP contribution is 2.21. The zero-order valence-electron chi connectivity index (χ0n) is 17.5. The van der Waals surface area contributed by atoms with Gasteiger partial charge in [-0.25, -0.2) is 0 Å². The molecule has 0 aromatic rings. The Morgan fingerprint density at radius 3 is 1.96 bits per heavy atom. The van der Waals surface area contributed by atoms with Crippen LogP contribution in [0.3, 0.4) is 0 Å². The molecule has 0 aliphatic rings. The van der Waals surface area contributed by atoms with Gasteiger partial charge < -0.3 is 21.9 Å². The lowest BCUT2D eigenvalue weighted by Crippen LogP contribution is -2.51. The van der Waals surface area contributed by atoms with Crippen LogP contribution >= 0.6 is 0 Å². The van der Waals surface area contributed by atoms with Crippen LogP contribution in [-0.4, -0.2) is 47.8 Å². The largest absolute Gasteiger partial charge is 0.393 e. The molecule has 0 rings (SSSR count). The number of ketones is 2. The first-order valence-electron chi connectivity index (χ1n) is 10.00. The van der Waals surface area contributed by atoms with E-state index in [4.69, 9.17) is 11.5 Å². The number of carbonyl (C=O) groups is 3. The molecule has 2 unspecified atom stereocenters. The molecule has 0 heterocycles. The lowest BCUT2D eigenvalue weighted by atomic mass is 9.85. The molecule has 4 atom stereocenters. The molecule has 0 saturated heterocycles. The minimum absolute atomic E-state index is 0.0204. The SMILES string of the molecule is CC(C)CCC(CCN)C(=O)C[C@H](C(=O)N[C@@H](CN)C(=O)C(C)C)C(C)O. The van der Waals surface area contributed by atoms with Gasteiger partial charge in [-0.05, 0) is 32.2 Å². The van der Waals surface area contributed by atoms with E-state index in [1.165, 1.54) is 6.92 Å². The molecule has 0 saturated carbocycles. The Bertz CT molecular complexity index is 478. The first-order valence-corrected chi connectivity index (χ1v) is 10.00. The summed E-state index contributed by atoms with van der Waals surface area (Å²) < 4.78 is 0. The Morgan fingerprint density at radius 1 is 0.963 bits per heavy atom. The van der Waals surface area contributed by atoms with Gasteiger partial charge in [-0.15, -0.1) is 0 Å². The molecule has 0 spiro atoms. The Balaban J connectivity index is 5.10. The molecule has 27 heavy (non-hydrogen) atoms. The lowest BCUT2D eigenvalue weighted by Gasteiger charge is -2.25. The molecule has 158 valence electrons. The summed E-state index contributed by atoms with van der Waals surface area (Å²) in [5.41, 5.74) is 11.3. The van der Waals surface area contributed by atoms with E-state index in [1.807, 2.05) is 0 Å². The number of carbonyl (C=O) groups excluding carboxylic acids is 3. The maximum atomic E-state index is 12.7. The van der Waals surface area contributed by atoms with Gasteiger partial charge in [0.1, 0.15) is 5.78 Å². The zero-order valence-corrected chi connectivity index (χ0v) is 17.5. The molecular weight excluding hydrogens is 346 g/mol. The molecule has 0 bridgehead atoms. The maximum absolute atomic E-state index is 12.7. The van der Waals surface area contributed by atoms with E-state index in [9.17, 15) is 19.5 Å². The summed E-state index contributed by atoms with van der Waals surface area (Å²) in [6, 6.07) is -0.811. The molecule has 0 aliphatic heterocycles. The van der Waals surface area contributed by atoms with Gasteiger partial charge in [0.15, 0.2) is 5.78 Å². The summed E-state index contributed by atoms with van der Waals surface area (Å²) >= 11 is 0. The van der Waals surface area contributed by atoms with Gasteiger partial charge in [-0.1, -0.05) is 34.1 Å². The van der Waals surface area contributed by atoms with Crippen molar-refractivity contribution < 1.29 is 19.5 Å². The fraction of sp³-hybridized carbons (Fsp3) is 0.850. The standard InChI is InChI=1S/C20H39N3O4/c1-12(2)6-7-15(8-9-21)18(25)10-16(14(5)24)20(27)23-17(11-22)19(26)13(3)4/h12-17,24H,6-11,21-22H2,1-5H3,(H,23,27)/t14?,15?,16-,17-/m0/s1. The van der Waals surface area contributed by atoms with E-state index in [0.717, 1.165) is 12.8 Å². The molecule has 0 aromatic heterocycles. The van der Waals surface area contributed by atoms with Crippen LogP contribution in [0.4, 0.5) is 0 Å². The number of amides is 1. The second kappa shape index (κ2) is 13.0. The van der Waals surface area contributed by atoms with Gasteiger partial charge in [0.05, 0.1) is 18.1 Å². The molecule has 0 aromatic carbocycles. The number of nitrogens with two attached hydrogens (primary N) is 2. The second-order valence-corrected chi connectivity index (χ2v) is 8.12. The number of aliphatic hydroxyl groups excluding tert-OH is 1. The van der Waals surface area contributed by atoms with E-state index < -0.39 is 24.0 Å². The van der Waals surface area contributed by atoms with Crippen molar-refractivity contribution in [3.8, 4) is 0 Å². The highest BCUT2D eigenvalue weighted by Gasteiger charge is 2.32. The molecule has 0 radical (unpaired) electrons. The Hall–Kier alpha value is -1.31. The van der Waals surface area contributed by atoms with Crippen LogP contribution in [0, 0.1) is 23.7 Å². The maximum Gasteiger partial charge on any atom is 0.226 e. The first kappa shape index (κ1) is 25.7. The first-order chi connectivity index (χ1) is 12.5. The summed E-state index contributed by atoms with van der Waals surface area (Å²) in [7, 11) is 0. The van der Waals surface area contributed by atoms with Crippen LogP contribution in [0.1, 0.15) is 60.3 Å². The van der Waals surface area contributed by atoms with Crippen LogP contribution in [-0.2, 0) is 14.4 Å². The summed E-state index contributed by atoms with van der Waals surface area (Å²) in [4.78, 5) is 37.5. The smallest absolute Gasteiger partial charge is 0.226 e. The van der Waals surface area contributed by atoms with E-state index in [-0.39, 0.29) is 36.4 Å². The third-order valence-electron chi connectivity index (χ3n) is 4.87. The van der Waals surface area contributed by atoms with Gasteiger partial charge >= 0.3 is 0 Å². The highest BCUT2D eigenvalue weighted by atomic mass is 16.3. The normalized spacial score (nSPS) is 16.1. The average Bonchev–Trinajstić information content (AvgIpc) is 2.59. The second-order valence-electron chi connectivity index (χ2n) is 8.12. The summed E-state index contributed by atoms with van der Waals surface area (Å²) in [6.45, 7) is 9.51. The Morgan fingerprint density at radius 2 is 1.56 bits per heavy atom. The predicted molar refractivity (Wildman–Crippen MR) is 107 cm³/mol. The quantitative estimate of drug-likeness (QED) is 0.352. The van der Waals surface area contributed by atoms with Crippen molar-refractivity contribution >= 4 is 17.5 Å². The minimum Gasteiger partial charge on any atom is -0.393 e. The van der Waals surface area contributed by atoms with Gasteiger partial charge in [0.2, 0.25) is 5.91 Å². The van der Waals surface area contributed by atoms with Gasteiger partial charge in [-0.2, -0.15) is 0 Å². The molecular formula is C20H39N3O4. The fourth-order valence-electron chi connectivity index (χ4n) is 3.00. The molecule has 7 nitrogen and oxygen atoms in total.